The molecule has 1 saturated carbocycles. The molecule has 0 amide bonds. The molecule has 0 aliphatic heterocycles. The number of carboxylic acid groups (broad SMARTS) is 1. The zero-order valence-electron chi connectivity index (χ0n) is 10.1. The van der Waals surface area contributed by atoms with Gasteiger partial charge in [-0.15, -0.1) is 0 Å². The van der Waals surface area contributed by atoms with Crippen molar-refractivity contribution < 1.29 is 15.0 Å². The molecule has 0 radical (unpaired) electrons. The van der Waals surface area contributed by atoms with Crippen LogP contribution in [0, 0.1) is 0 Å². The third-order valence-corrected chi connectivity index (χ3v) is 3.33. The summed E-state index contributed by atoms with van der Waals surface area (Å²) in [7, 11) is 0. The number of aliphatic hydroxyl groups is 1. The van der Waals surface area contributed by atoms with Crippen LogP contribution in [0.25, 0.3) is 10.9 Å². The van der Waals surface area contributed by atoms with E-state index in [0.717, 1.165) is 18.2 Å². The number of hydrogen-bond donors (Lipinski definition) is 3. The van der Waals surface area contributed by atoms with E-state index in [1.165, 1.54) is 0 Å². The fourth-order valence-corrected chi connectivity index (χ4v) is 1.99. The van der Waals surface area contributed by atoms with Crippen molar-refractivity contribution in [2.24, 2.45) is 0 Å². The first kappa shape index (κ1) is 11.9. The number of anilines is 1. The van der Waals surface area contributed by atoms with E-state index < -0.39 is 5.97 Å². The van der Waals surface area contributed by atoms with Crippen molar-refractivity contribution in [2.75, 3.05) is 11.9 Å². The molecule has 1 heterocycles. The first-order valence-electron chi connectivity index (χ1n) is 6.03. The molecule has 1 aromatic carbocycles. The van der Waals surface area contributed by atoms with Crippen LogP contribution in [0.2, 0.25) is 0 Å². The molecule has 1 fully saturated rings. The molecular weight excluding hydrogens is 246 g/mol. The number of para-hydroxylation sites is 1. The molecule has 0 unspecified atom stereocenters. The summed E-state index contributed by atoms with van der Waals surface area (Å²) in [6, 6.07) is 7.21. The third-order valence-electron chi connectivity index (χ3n) is 3.33. The molecule has 1 aliphatic carbocycles. The minimum Gasteiger partial charge on any atom is -0.475 e. The maximum absolute atomic E-state index is 11.0. The van der Waals surface area contributed by atoms with Crippen molar-refractivity contribution in [1.29, 1.82) is 0 Å². The lowest BCUT2D eigenvalue weighted by Gasteiger charge is -2.16. The molecule has 0 atom stereocenters. The Morgan fingerprint density at radius 1 is 1.32 bits per heavy atom. The van der Waals surface area contributed by atoms with Gasteiger partial charge in [0, 0.05) is 5.39 Å². The van der Waals surface area contributed by atoms with Gasteiger partial charge in [-0.2, -0.15) is 0 Å². The number of carbonyl (C=O) groups is 1. The van der Waals surface area contributed by atoms with Crippen LogP contribution in [-0.4, -0.2) is 38.3 Å². The molecule has 19 heavy (non-hydrogen) atoms. The number of aromatic carboxylic acids is 1. The summed E-state index contributed by atoms with van der Waals surface area (Å²) in [6.07, 6.45) is 1.70. The Balaban J connectivity index is 2.12. The number of aliphatic hydroxyl groups excluding tert-OH is 1. The largest absolute Gasteiger partial charge is 0.475 e. The summed E-state index contributed by atoms with van der Waals surface area (Å²) in [5, 5.41) is 22.3. The van der Waals surface area contributed by atoms with E-state index in [1.54, 1.807) is 12.1 Å². The van der Waals surface area contributed by atoms with Crippen LogP contribution in [0.3, 0.4) is 0 Å². The van der Waals surface area contributed by atoms with Crippen molar-refractivity contribution >= 4 is 22.7 Å². The Morgan fingerprint density at radius 2 is 2.05 bits per heavy atom. The minimum absolute atomic E-state index is 0.00767. The number of carboxylic acids is 1. The van der Waals surface area contributed by atoms with Crippen molar-refractivity contribution in [3.63, 3.8) is 0 Å². The smallest absolute Gasteiger partial charge is 0.374 e. The van der Waals surface area contributed by atoms with Crippen molar-refractivity contribution in [3.8, 4) is 0 Å². The number of benzene rings is 1. The third kappa shape index (κ3) is 2.10. The molecule has 1 aliphatic rings. The van der Waals surface area contributed by atoms with Crippen LogP contribution in [0.1, 0.15) is 23.5 Å². The average Bonchev–Trinajstić information content (AvgIpc) is 3.19. The summed E-state index contributed by atoms with van der Waals surface area (Å²) in [4.78, 5) is 19.1. The number of nitrogens with zero attached hydrogens (tertiary/aromatic N) is 2. The molecule has 3 N–H and O–H groups in total. The predicted octanol–water partition coefficient (Wildman–Crippen LogP) is 1.26. The summed E-state index contributed by atoms with van der Waals surface area (Å²) < 4.78 is 0. The summed E-state index contributed by atoms with van der Waals surface area (Å²) in [5.41, 5.74) is 0.221. The lowest BCUT2D eigenvalue weighted by Crippen LogP contribution is -2.26. The topological polar surface area (TPSA) is 95.3 Å². The number of aromatic nitrogens is 2. The van der Waals surface area contributed by atoms with Gasteiger partial charge in [-0.05, 0) is 25.0 Å². The molecule has 3 rings (SSSR count). The number of rotatable bonds is 4. The highest BCUT2D eigenvalue weighted by molar-refractivity contribution is 5.93. The van der Waals surface area contributed by atoms with Gasteiger partial charge in [0.2, 0.25) is 5.82 Å². The Hall–Kier alpha value is -2.21. The van der Waals surface area contributed by atoms with E-state index in [0.29, 0.717) is 11.3 Å². The normalized spacial score (nSPS) is 16.3. The molecule has 0 bridgehead atoms. The van der Waals surface area contributed by atoms with Gasteiger partial charge in [0.05, 0.1) is 17.7 Å². The summed E-state index contributed by atoms with van der Waals surface area (Å²) >= 11 is 0. The molecule has 0 spiro atoms. The molecular formula is C13H13N3O3. The molecule has 98 valence electrons. The van der Waals surface area contributed by atoms with Crippen LogP contribution < -0.4 is 5.32 Å². The Morgan fingerprint density at radius 3 is 2.68 bits per heavy atom. The molecule has 6 heteroatoms. The fraction of sp³-hybridized carbons (Fsp3) is 0.308. The van der Waals surface area contributed by atoms with E-state index in [1.807, 2.05) is 12.1 Å². The van der Waals surface area contributed by atoms with Gasteiger partial charge in [-0.1, -0.05) is 12.1 Å². The SMILES string of the molecule is O=C(O)c1nc(NC2(CO)CC2)c2ccccc2n1. The minimum atomic E-state index is -1.16. The summed E-state index contributed by atoms with van der Waals surface area (Å²) in [6.45, 7) is 0.00767. The van der Waals surface area contributed by atoms with E-state index in [-0.39, 0.29) is 18.0 Å². The second kappa shape index (κ2) is 4.17. The fourth-order valence-electron chi connectivity index (χ4n) is 1.99. The maximum Gasteiger partial charge on any atom is 0.374 e. The zero-order valence-corrected chi connectivity index (χ0v) is 10.1. The number of hydrogen-bond acceptors (Lipinski definition) is 5. The monoisotopic (exact) mass is 259 g/mol. The van der Waals surface area contributed by atoms with Gasteiger partial charge in [-0.25, -0.2) is 14.8 Å². The van der Waals surface area contributed by atoms with E-state index in [2.05, 4.69) is 15.3 Å². The maximum atomic E-state index is 11.0. The van der Waals surface area contributed by atoms with E-state index >= 15 is 0 Å². The van der Waals surface area contributed by atoms with Crippen LogP contribution in [0.4, 0.5) is 5.82 Å². The van der Waals surface area contributed by atoms with Crippen LogP contribution in [0.15, 0.2) is 24.3 Å². The van der Waals surface area contributed by atoms with Crippen molar-refractivity contribution in [3.05, 3.63) is 30.1 Å². The highest BCUT2D eigenvalue weighted by Crippen LogP contribution is 2.39. The highest BCUT2D eigenvalue weighted by atomic mass is 16.4. The zero-order chi connectivity index (χ0) is 13.5. The molecule has 1 aromatic heterocycles. The van der Waals surface area contributed by atoms with Gasteiger partial charge in [0.1, 0.15) is 5.82 Å². The lowest BCUT2D eigenvalue weighted by molar-refractivity contribution is 0.0684. The van der Waals surface area contributed by atoms with Crippen molar-refractivity contribution in [2.45, 2.75) is 18.4 Å². The average molecular weight is 259 g/mol. The van der Waals surface area contributed by atoms with Crippen LogP contribution >= 0.6 is 0 Å². The van der Waals surface area contributed by atoms with Gasteiger partial charge in [0.25, 0.3) is 0 Å². The summed E-state index contributed by atoms with van der Waals surface area (Å²) in [5.74, 6) is -0.938. The lowest BCUT2D eigenvalue weighted by atomic mass is 10.2. The van der Waals surface area contributed by atoms with Gasteiger partial charge in [-0.3, -0.25) is 0 Å². The molecule has 0 saturated heterocycles. The standard InChI is InChI=1S/C13H13N3O3/c17-7-13(5-6-13)16-10-8-3-1-2-4-9(8)14-11(15-10)12(18)19/h1-4,17H,5-7H2,(H,18,19)(H,14,15,16). The Bertz CT molecular complexity index is 653. The van der Waals surface area contributed by atoms with Crippen LogP contribution in [0.5, 0.6) is 0 Å². The second-order valence-electron chi connectivity index (χ2n) is 4.78. The molecule has 2 aromatic rings. The molecule has 6 nitrogen and oxygen atoms in total. The van der Waals surface area contributed by atoms with Gasteiger partial charge in [0.15, 0.2) is 0 Å². The number of nitrogens with one attached hydrogen (secondary N) is 1. The first-order chi connectivity index (χ1) is 9.13. The predicted molar refractivity (Wildman–Crippen MR) is 69.2 cm³/mol. The number of fused-ring (bicyclic) bond motifs is 1. The Kier molecular flexibility index (Phi) is 2.60. The quantitative estimate of drug-likeness (QED) is 0.765. The first-order valence-corrected chi connectivity index (χ1v) is 6.03. The second-order valence-corrected chi connectivity index (χ2v) is 4.78. The van der Waals surface area contributed by atoms with Crippen molar-refractivity contribution in [1.82, 2.24) is 9.97 Å². The Labute approximate surface area is 109 Å². The van der Waals surface area contributed by atoms with E-state index in [9.17, 15) is 9.90 Å². The van der Waals surface area contributed by atoms with Gasteiger partial charge < -0.3 is 15.5 Å². The highest BCUT2D eigenvalue weighted by Gasteiger charge is 2.42. The van der Waals surface area contributed by atoms with Gasteiger partial charge >= 0.3 is 5.97 Å². The van der Waals surface area contributed by atoms with Crippen LogP contribution in [-0.2, 0) is 0 Å². The van der Waals surface area contributed by atoms with E-state index in [4.69, 9.17) is 5.11 Å².